The van der Waals surface area contributed by atoms with Crippen molar-refractivity contribution in [2.24, 2.45) is 10.6 Å². The summed E-state index contributed by atoms with van der Waals surface area (Å²) in [6.07, 6.45) is 1.27. The summed E-state index contributed by atoms with van der Waals surface area (Å²) >= 11 is 3.64. The van der Waals surface area contributed by atoms with Gasteiger partial charge in [0.05, 0.1) is 6.07 Å². The Balaban J connectivity index is 1.67. The number of nitriles is 1. The highest BCUT2D eigenvalue weighted by Crippen LogP contribution is 2.43. The van der Waals surface area contributed by atoms with Gasteiger partial charge in [0.2, 0.25) is 5.91 Å². The van der Waals surface area contributed by atoms with Gasteiger partial charge in [-0.3, -0.25) is 14.4 Å². The molecule has 4 N–H and O–H groups in total. The number of rotatable bonds is 8. The number of aliphatic carboxylic acids is 1. The molecule has 0 radical (unpaired) electrons. The molecule has 2 aliphatic rings. The van der Waals surface area contributed by atoms with Crippen LogP contribution >= 0.6 is 34.9 Å². The molecule has 1 aromatic rings. The molecule has 2 saturated heterocycles. The maximum absolute atomic E-state index is 12.7. The number of β-lactam (4-membered cyclic amide) rings is 1. The van der Waals surface area contributed by atoms with Gasteiger partial charge in [0.25, 0.3) is 5.91 Å². The lowest BCUT2D eigenvalue weighted by atomic mass is 9.89. The average Bonchev–Trinajstić information content (AvgIpc) is 3.18. The number of aromatic nitrogens is 1. The van der Waals surface area contributed by atoms with Gasteiger partial charge < -0.3 is 25.9 Å². The van der Waals surface area contributed by atoms with Crippen molar-refractivity contribution in [3.8, 4) is 6.07 Å². The van der Waals surface area contributed by atoms with Crippen LogP contribution in [0.5, 0.6) is 0 Å². The fourth-order valence-corrected chi connectivity index (χ4v) is 6.20. The number of fused-ring (bicyclic) bond motifs is 1. The van der Waals surface area contributed by atoms with Crippen LogP contribution in [0.3, 0.4) is 0 Å². The molecule has 3 heterocycles. The molecule has 0 aromatic carbocycles. The second-order valence-electron chi connectivity index (χ2n) is 6.64. The van der Waals surface area contributed by atoms with E-state index in [0.29, 0.717) is 0 Å². The van der Waals surface area contributed by atoms with E-state index in [1.54, 1.807) is 5.38 Å². The molecule has 11 nitrogen and oxygen atoms in total. The lowest BCUT2D eigenvalue weighted by Crippen LogP contribution is -2.74. The van der Waals surface area contributed by atoms with Crippen LogP contribution in [0.1, 0.15) is 5.69 Å². The summed E-state index contributed by atoms with van der Waals surface area (Å²) in [6.45, 7) is 0.0280. The Labute approximate surface area is 189 Å². The van der Waals surface area contributed by atoms with Crippen LogP contribution in [0, 0.1) is 16.7 Å². The Kier molecular flexibility index (Phi) is 7.08. The first-order chi connectivity index (χ1) is 14.8. The first-order valence-corrected chi connectivity index (χ1v) is 11.8. The van der Waals surface area contributed by atoms with Crippen molar-refractivity contribution in [3.05, 3.63) is 22.6 Å². The second kappa shape index (κ2) is 9.58. The highest BCUT2D eigenvalue weighted by Gasteiger charge is 2.57. The fraction of sp³-hybridized carbons (Fsp3) is 0.412. The normalized spacial score (nSPS) is 25.5. The topological polar surface area (TPSA) is 171 Å². The molecule has 0 saturated carbocycles. The van der Waals surface area contributed by atoms with Gasteiger partial charge in [0.1, 0.15) is 29.6 Å². The molecule has 2 unspecified atom stereocenters. The van der Waals surface area contributed by atoms with Crippen LogP contribution in [-0.2, 0) is 19.2 Å². The summed E-state index contributed by atoms with van der Waals surface area (Å²) in [7, 11) is 1.28. The van der Waals surface area contributed by atoms with Crippen LogP contribution < -0.4 is 11.1 Å². The van der Waals surface area contributed by atoms with Gasteiger partial charge in [-0.15, -0.1) is 34.9 Å². The van der Waals surface area contributed by atoms with E-state index in [9.17, 15) is 19.5 Å². The first-order valence-electron chi connectivity index (χ1n) is 8.78. The number of hydrogen-bond donors (Lipinski definition) is 3. The highest BCUT2D eigenvalue weighted by molar-refractivity contribution is 8.02. The van der Waals surface area contributed by atoms with Crippen LogP contribution in [0.4, 0.5) is 5.13 Å². The van der Waals surface area contributed by atoms with Crippen molar-refractivity contribution in [2.75, 3.05) is 30.9 Å². The number of carbonyl (C=O) groups is 3. The van der Waals surface area contributed by atoms with E-state index in [1.807, 2.05) is 6.07 Å². The van der Waals surface area contributed by atoms with Gasteiger partial charge in [-0.05, 0) is 5.41 Å². The molecular formula is C17H18N6O5S3. The van der Waals surface area contributed by atoms with E-state index < -0.39 is 23.3 Å². The first kappa shape index (κ1) is 22.9. The lowest BCUT2D eigenvalue weighted by molar-refractivity contribution is -0.157. The predicted molar refractivity (Wildman–Crippen MR) is 117 cm³/mol. The van der Waals surface area contributed by atoms with Gasteiger partial charge in [-0.1, -0.05) is 5.16 Å². The lowest BCUT2D eigenvalue weighted by Gasteiger charge is -2.53. The molecule has 2 amide bonds. The van der Waals surface area contributed by atoms with E-state index in [-0.39, 0.29) is 45.9 Å². The zero-order valence-corrected chi connectivity index (χ0v) is 18.6. The van der Waals surface area contributed by atoms with Crippen LogP contribution in [0.15, 0.2) is 22.0 Å². The van der Waals surface area contributed by atoms with Crippen molar-refractivity contribution < 1.29 is 24.3 Å². The monoisotopic (exact) mass is 482 g/mol. The number of carbonyl (C=O) groups excluding carboxylic acids is 2. The zero-order chi connectivity index (χ0) is 22.6. The highest BCUT2D eigenvalue weighted by atomic mass is 32.2. The number of anilines is 1. The van der Waals surface area contributed by atoms with Crippen molar-refractivity contribution in [3.63, 3.8) is 0 Å². The number of carboxylic acids is 1. The Morgan fingerprint density at radius 1 is 1.65 bits per heavy atom. The smallest absolute Gasteiger partial charge is 0.313 e. The van der Waals surface area contributed by atoms with Crippen molar-refractivity contribution in [1.82, 2.24) is 15.2 Å². The van der Waals surface area contributed by atoms with Crippen molar-refractivity contribution in [2.45, 2.75) is 11.4 Å². The number of allylic oxidation sites excluding steroid dienone is 1. The Morgan fingerprint density at radius 2 is 2.42 bits per heavy atom. The number of nitrogen functional groups attached to an aromatic ring is 1. The zero-order valence-electron chi connectivity index (χ0n) is 16.2. The summed E-state index contributed by atoms with van der Waals surface area (Å²) in [4.78, 5) is 47.5. The van der Waals surface area contributed by atoms with E-state index in [2.05, 4.69) is 15.5 Å². The van der Waals surface area contributed by atoms with E-state index >= 15 is 0 Å². The minimum atomic E-state index is -1.14. The number of thioether (sulfide) groups is 2. The van der Waals surface area contributed by atoms with E-state index in [0.717, 1.165) is 11.3 Å². The summed E-state index contributed by atoms with van der Waals surface area (Å²) < 4.78 is 0. The van der Waals surface area contributed by atoms with Crippen molar-refractivity contribution in [1.29, 1.82) is 5.26 Å². The maximum atomic E-state index is 12.7. The van der Waals surface area contributed by atoms with E-state index in [4.69, 9.17) is 15.8 Å². The Morgan fingerprint density at radius 3 is 3.03 bits per heavy atom. The molecular weight excluding hydrogens is 464 g/mol. The number of oxime groups is 1. The SMILES string of the molecule is CON=C(C(=O)NC1C(=O)N2CC(CSC=CC#N)(C(=O)O)CS[C@H]12)c1csc(N)n1. The fourth-order valence-electron chi connectivity index (χ4n) is 3.09. The number of carboxylic acid groups (broad SMARTS) is 1. The number of nitrogens with two attached hydrogens (primary N) is 1. The predicted octanol–water partition coefficient (Wildman–Crippen LogP) is 0.317. The largest absolute Gasteiger partial charge is 0.481 e. The third kappa shape index (κ3) is 4.63. The number of amides is 2. The third-order valence-corrected chi connectivity index (χ3v) is 7.95. The summed E-state index contributed by atoms with van der Waals surface area (Å²) in [5, 5.41) is 27.6. The standard InChI is InChI=1S/C17H18N6O5S3/c1-28-22-10(9-5-30-16(19)20-9)12(24)21-11-13(25)23-6-17(15(26)27,8-31-14(11)23)7-29-4-2-3-18/h2,4-5,11,14H,6-8H2,1H3,(H2,19,20)(H,21,24)(H,26,27)/t11?,14-,17?/m1/s1. The average molecular weight is 483 g/mol. The van der Waals surface area contributed by atoms with Gasteiger partial charge in [-0.2, -0.15) is 5.26 Å². The van der Waals surface area contributed by atoms with Crippen LogP contribution in [0.2, 0.25) is 0 Å². The number of thiazole rings is 1. The molecule has 0 spiro atoms. The van der Waals surface area contributed by atoms with Crippen LogP contribution in [0.25, 0.3) is 0 Å². The molecule has 2 fully saturated rings. The number of nitrogens with zero attached hydrogens (tertiary/aromatic N) is 4. The molecule has 2 aliphatic heterocycles. The quantitative estimate of drug-likeness (QED) is 0.203. The minimum Gasteiger partial charge on any atom is -0.481 e. The Bertz CT molecular complexity index is 989. The molecule has 164 valence electrons. The molecule has 1 aromatic heterocycles. The van der Waals surface area contributed by atoms with E-state index in [1.165, 1.54) is 47.0 Å². The minimum absolute atomic E-state index is 0.0280. The number of nitrogens with one attached hydrogen (secondary N) is 1. The molecule has 14 heteroatoms. The van der Waals surface area contributed by atoms with Crippen molar-refractivity contribution >= 4 is 63.5 Å². The van der Waals surface area contributed by atoms with Gasteiger partial charge in [0.15, 0.2) is 10.8 Å². The summed E-state index contributed by atoms with van der Waals surface area (Å²) in [5.74, 6) is -1.54. The molecule has 0 bridgehead atoms. The van der Waals surface area contributed by atoms with Gasteiger partial charge in [-0.25, -0.2) is 4.98 Å². The Hall–Kier alpha value is -2.76. The van der Waals surface area contributed by atoms with Gasteiger partial charge >= 0.3 is 5.97 Å². The maximum Gasteiger partial charge on any atom is 0.313 e. The summed E-state index contributed by atoms with van der Waals surface area (Å²) in [5.41, 5.74) is 4.59. The summed E-state index contributed by atoms with van der Waals surface area (Å²) in [6, 6.07) is 1.04. The molecule has 3 rings (SSSR count). The van der Waals surface area contributed by atoms with Gasteiger partial charge in [0, 0.05) is 29.5 Å². The van der Waals surface area contributed by atoms with Crippen LogP contribution in [-0.4, -0.2) is 75.1 Å². The molecule has 0 aliphatic carbocycles. The number of hydrogen-bond acceptors (Lipinski definition) is 11. The third-order valence-electron chi connectivity index (χ3n) is 4.65. The second-order valence-corrected chi connectivity index (χ2v) is 9.53. The molecule has 31 heavy (non-hydrogen) atoms. The molecule has 3 atom stereocenters.